The molecular weight excluding hydrogens is 280 g/mol. The van der Waals surface area contributed by atoms with Crippen LogP contribution < -0.4 is 5.32 Å². The maximum Gasteiger partial charge on any atom is 0.0594 e. The third-order valence-corrected chi connectivity index (χ3v) is 5.82. The number of nitrogens with one attached hydrogen (secondary N) is 1. The normalized spacial score (nSPS) is 24.2. The van der Waals surface area contributed by atoms with Gasteiger partial charge in [0.1, 0.15) is 0 Å². The highest BCUT2D eigenvalue weighted by Crippen LogP contribution is 2.45. The van der Waals surface area contributed by atoms with Crippen molar-refractivity contribution in [2.24, 2.45) is 0 Å². The van der Waals surface area contributed by atoms with Crippen LogP contribution in [0.25, 0.3) is 0 Å². The Balaban J connectivity index is 1.87. The quantitative estimate of drug-likeness (QED) is 0.871. The van der Waals surface area contributed by atoms with Gasteiger partial charge >= 0.3 is 0 Å². The van der Waals surface area contributed by atoms with Gasteiger partial charge in [0.25, 0.3) is 0 Å². The monoisotopic (exact) mass is 308 g/mol. The maximum atomic E-state index is 5.60. The number of ether oxygens (including phenoxy) is 1. The van der Waals surface area contributed by atoms with Crippen LogP contribution in [-0.2, 0) is 4.74 Å². The van der Waals surface area contributed by atoms with Crippen molar-refractivity contribution < 1.29 is 4.74 Å². The smallest absolute Gasteiger partial charge is 0.0594 e. The number of rotatable bonds is 6. The van der Waals surface area contributed by atoms with Crippen LogP contribution in [0.15, 0.2) is 16.8 Å². The topological polar surface area (TPSA) is 24.5 Å². The Kier molecular flexibility index (Phi) is 5.33. The maximum absolute atomic E-state index is 5.60. The minimum Gasteiger partial charge on any atom is -0.379 e. The highest BCUT2D eigenvalue weighted by Gasteiger charge is 2.46. The highest BCUT2D eigenvalue weighted by molar-refractivity contribution is 7.08. The first-order chi connectivity index (χ1) is 10.4. The molecule has 2 heterocycles. The molecule has 0 aromatic carbocycles. The molecule has 1 aromatic rings. The SMILES string of the molecule is CCCNC(c1ccsc1)C1(N2CCOCC2)CCCC1. The van der Waals surface area contributed by atoms with Crippen LogP contribution in [0.1, 0.15) is 50.6 Å². The van der Waals surface area contributed by atoms with Crippen molar-refractivity contribution >= 4 is 11.3 Å². The van der Waals surface area contributed by atoms with Crippen LogP contribution in [0.2, 0.25) is 0 Å². The van der Waals surface area contributed by atoms with Gasteiger partial charge in [-0.05, 0) is 48.2 Å². The zero-order valence-electron chi connectivity index (χ0n) is 13.1. The molecule has 1 aliphatic heterocycles. The van der Waals surface area contributed by atoms with Crippen LogP contribution >= 0.6 is 11.3 Å². The van der Waals surface area contributed by atoms with Gasteiger partial charge in [-0.1, -0.05) is 19.8 Å². The molecule has 1 unspecified atom stereocenters. The van der Waals surface area contributed by atoms with Gasteiger partial charge < -0.3 is 10.1 Å². The van der Waals surface area contributed by atoms with Gasteiger partial charge in [0.05, 0.1) is 19.3 Å². The summed E-state index contributed by atoms with van der Waals surface area (Å²) in [7, 11) is 0. The van der Waals surface area contributed by atoms with Crippen molar-refractivity contribution in [3.05, 3.63) is 22.4 Å². The highest BCUT2D eigenvalue weighted by atomic mass is 32.1. The Morgan fingerprint density at radius 1 is 1.33 bits per heavy atom. The molecule has 1 atom stereocenters. The Morgan fingerprint density at radius 3 is 2.71 bits per heavy atom. The molecule has 0 spiro atoms. The van der Waals surface area contributed by atoms with Crippen LogP contribution in [0, 0.1) is 0 Å². The summed E-state index contributed by atoms with van der Waals surface area (Å²) in [6, 6.07) is 2.79. The zero-order chi connectivity index (χ0) is 14.5. The van der Waals surface area contributed by atoms with Crippen molar-refractivity contribution in [1.29, 1.82) is 0 Å². The summed E-state index contributed by atoms with van der Waals surface area (Å²) in [4.78, 5) is 2.73. The van der Waals surface area contributed by atoms with E-state index in [1.165, 1.54) is 37.7 Å². The predicted molar refractivity (Wildman–Crippen MR) is 88.9 cm³/mol. The summed E-state index contributed by atoms with van der Waals surface area (Å²) >= 11 is 1.82. The number of morpholine rings is 1. The van der Waals surface area contributed by atoms with Gasteiger partial charge in [0.15, 0.2) is 0 Å². The van der Waals surface area contributed by atoms with E-state index >= 15 is 0 Å². The van der Waals surface area contributed by atoms with Crippen molar-refractivity contribution in [3.8, 4) is 0 Å². The van der Waals surface area contributed by atoms with Gasteiger partial charge in [-0.15, -0.1) is 0 Å². The molecule has 0 bridgehead atoms. The Bertz CT molecular complexity index is 408. The molecule has 118 valence electrons. The number of nitrogens with zero attached hydrogens (tertiary/aromatic N) is 1. The third-order valence-electron chi connectivity index (χ3n) is 5.12. The molecule has 2 aliphatic rings. The molecule has 0 radical (unpaired) electrons. The zero-order valence-corrected chi connectivity index (χ0v) is 14.0. The lowest BCUT2D eigenvalue weighted by Crippen LogP contribution is -2.58. The molecule has 3 nitrogen and oxygen atoms in total. The fraction of sp³-hybridized carbons (Fsp3) is 0.765. The molecular formula is C17H28N2OS. The van der Waals surface area contributed by atoms with E-state index in [9.17, 15) is 0 Å². The van der Waals surface area contributed by atoms with Gasteiger partial charge in [0, 0.05) is 18.6 Å². The number of hydrogen-bond acceptors (Lipinski definition) is 4. The van der Waals surface area contributed by atoms with Crippen molar-refractivity contribution in [3.63, 3.8) is 0 Å². The van der Waals surface area contributed by atoms with E-state index in [4.69, 9.17) is 4.74 Å². The summed E-state index contributed by atoms with van der Waals surface area (Å²) in [6.45, 7) is 7.33. The summed E-state index contributed by atoms with van der Waals surface area (Å²) in [6.07, 6.45) is 6.58. The first kappa shape index (κ1) is 15.5. The Morgan fingerprint density at radius 2 is 2.10 bits per heavy atom. The summed E-state index contributed by atoms with van der Waals surface area (Å²) < 4.78 is 5.60. The summed E-state index contributed by atoms with van der Waals surface area (Å²) in [5.74, 6) is 0. The van der Waals surface area contributed by atoms with E-state index in [0.717, 1.165) is 32.8 Å². The van der Waals surface area contributed by atoms with Crippen molar-refractivity contribution in [2.75, 3.05) is 32.8 Å². The molecule has 1 N–H and O–H groups in total. The molecule has 2 fully saturated rings. The third kappa shape index (κ3) is 3.19. The average Bonchev–Trinajstić information content (AvgIpc) is 3.21. The Labute approximate surface area is 132 Å². The first-order valence-corrected chi connectivity index (χ1v) is 9.39. The van der Waals surface area contributed by atoms with Crippen molar-refractivity contribution in [1.82, 2.24) is 10.2 Å². The standard InChI is InChI=1S/C17H28N2OS/c1-2-8-18-16(15-5-13-21-14-15)17(6-3-4-7-17)19-9-11-20-12-10-19/h5,13-14,16,18H,2-4,6-12H2,1H3. The number of hydrogen-bond donors (Lipinski definition) is 1. The number of thiophene rings is 1. The van der Waals surface area contributed by atoms with Crippen molar-refractivity contribution in [2.45, 2.75) is 50.6 Å². The van der Waals surface area contributed by atoms with Crippen LogP contribution in [0.4, 0.5) is 0 Å². The van der Waals surface area contributed by atoms with Gasteiger partial charge in [-0.2, -0.15) is 11.3 Å². The van der Waals surface area contributed by atoms with E-state index in [2.05, 4.69) is 34.0 Å². The fourth-order valence-electron chi connectivity index (χ4n) is 4.13. The van der Waals surface area contributed by atoms with Gasteiger partial charge in [-0.3, -0.25) is 4.90 Å². The second kappa shape index (κ2) is 7.23. The van der Waals surface area contributed by atoms with E-state index in [1.807, 2.05) is 11.3 Å². The predicted octanol–water partition coefficient (Wildman–Crippen LogP) is 3.43. The average molecular weight is 308 g/mol. The summed E-state index contributed by atoms with van der Waals surface area (Å²) in [5.41, 5.74) is 1.79. The second-order valence-corrected chi connectivity index (χ2v) is 7.13. The molecule has 1 saturated carbocycles. The van der Waals surface area contributed by atoms with E-state index in [1.54, 1.807) is 0 Å². The molecule has 0 amide bonds. The lowest BCUT2D eigenvalue weighted by Gasteiger charge is -2.48. The molecule has 1 aliphatic carbocycles. The molecule has 1 aromatic heterocycles. The molecule has 21 heavy (non-hydrogen) atoms. The van der Waals surface area contributed by atoms with Crippen LogP contribution in [0.5, 0.6) is 0 Å². The minimum atomic E-state index is 0.306. The first-order valence-electron chi connectivity index (χ1n) is 8.45. The fourth-order valence-corrected chi connectivity index (χ4v) is 4.82. The van der Waals surface area contributed by atoms with E-state index in [0.29, 0.717) is 11.6 Å². The van der Waals surface area contributed by atoms with E-state index in [-0.39, 0.29) is 0 Å². The molecule has 3 rings (SSSR count). The lowest BCUT2D eigenvalue weighted by atomic mass is 9.82. The molecule has 1 saturated heterocycles. The Hall–Kier alpha value is -0.420. The summed E-state index contributed by atoms with van der Waals surface area (Å²) in [5, 5.41) is 8.44. The van der Waals surface area contributed by atoms with Gasteiger partial charge in [-0.25, -0.2) is 0 Å². The minimum absolute atomic E-state index is 0.306. The van der Waals surface area contributed by atoms with E-state index < -0.39 is 0 Å². The lowest BCUT2D eigenvalue weighted by molar-refractivity contribution is -0.0363. The second-order valence-electron chi connectivity index (χ2n) is 6.35. The van der Waals surface area contributed by atoms with Crippen LogP contribution in [0.3, 0.4) is 0 Å². The van der Waals surface area contributed by atoms with Crippen LogP contribution in [-0.4, -0.2) is 43.3 Å². The van der Waals surface area contributed by atoms with Gasteiger partial charge in [0.2, 0.25) is 0 Å². The largest absolute Gasteiger partial charge is 0.379 e. The molecule has 4 heteroatoms.